The fourth-order valence-electron chi connectivity index (χ4n) is 2.84. The van der Waals surface area contributed by atoms with Crippen LogP contribution in [0.3, 0.4) is 0 Å². The molecule has 1 saturated heterocycles. The van der Waals surface area contributed by atoms with Gasteiger partial charge in [-0.25, -0.2) is 15.0 Å². The van der Waals surface area contributed by atoms with Gasteiger partial charge in [-0.2, -0.15) is 0 Å². The van der Waals surface area contributed by atoms with Gasteiger partial charge in [-0.3, -0.25) is 4.57 Å². The summed E-state index contributed by atoms with van der Waals surface area (Å²) in [6, 6.07) is 0. The first-order valence-corrected chi connectivity index (χ1v) is 7.53. The van der Waals surface area contributed by atoms with E-state index in [1.807, 2.05) is 13.8 Å². The summed E-state index contributed by atoms with van der Waals surface area (Å²) in [7, 11) is 0. The molecule has 0 unspecified atom stereocenters. The van der Waals surface area contributed by atoms with Crippen LogP contribution in [0.15, 0.2) is 6.33 Å². The van der Waals surface area contributed by atoms with Gasteiger partial charge in [0.05, 0.1) is 6.61 Å². The fourth-order valence-corrected chi connectivity index (χ4v) is 2.84. The van der Waals surface area contributed by atoms with Crippen molar-refractivity contribution in [1.82, 2.24) is 19.5 Å². The molecule has 0 saturated carbocycles. The number of ether oxygens (including phenoxy) is 1. The van der Waals surface area contributed by atoms with Crippen LogP contribution in [0.2, 0.25) is 0 Å². The molecule has 126 valence electrons. The number of aliphatic hydroxyl groups is 3. The van der Waals surface area contributed by atoms with Crippen molar-refractivity contribution < 1.29 is 20.1 Å². The van der Waals surface area contributed by atoms with Gasteiger partial charge in [0.25, 0.3) is 0 Å². The minimum Gasteiger partial charge on any atom is -0.394 e. The van der Waals surface area contributed by atoms with Gasteiger partial charge in [-0.1, -0.05) is 13.8 Å². The molecule has 23 heavy (non-hydrogen) atoms. The van der Waals surface area contributed by atoms with Crippen molar-refractivity contribution in [3.8, 4) is 0 Å². The molecule has 3 rings (SSSR count). The van der Waals surface area contributed by atoms with E-state index in [1.165, 1.54) is 6.33 Å². The number of nitrogens with two attached hydrogens (primary N) is 1. The Hall–Kier alpha value is -1.81. The molecule has 0 bridgehead atoms. The van der Waals surface area contributed by atoms with E-state index in [1.54, 1.807) is 4.57 Å². The number of anilines is 1. The van der Waals surface area contributed by atoms with E-state index >= 15 is 0 Å². The van der Waals surface area contributed by atoms with Crippen LogP contribution in [-0.2, 0) is 11.2 Å². The van der Waals surface area contributed by atoms with Crippen molar-refractivity contribution in [3.05, 3.63) is 12.2 Å². The summed E-state index contributed by atoms with van der Waals surface area (Å²) in [5.41, 5.74) is 6.73. The van der Waals surface area contributed by atoms with Crippen LogP contribution in [-0.4, -0.2) is 59.8 Å². The summed E-state index contributed by atoms with van der Waals surface area (Å²) in [6.45, 7) is 3.68. The highest BCUT2D eigenvalue weighted by atomic mass is 16.6. The standard InChI is InChI=1S/C14H21N5O4/c1-6(2)3-8-18-9-12(15)16-5-17-13(9)19(8)14-11(22)10(21)7(4-20)23-14/h5-7,10-11,14,20-22H,3-4H2,1-2H3,(H2,15,16,17)/t7-,10-,11-,14-/m1/s1. The van der Waals surface area contributed by atoms with Crippen LogP contribution in [0, 0.1) is 5.92 Å². The Balaban J connectivity index is 2.13. The molecule has 4 atom stereocenters. The second kappa shape index (κ2) is 6.00. The normalized spacial score (nSPS) is 28.1. The molecular formula is C14H21N5O4. The number of rotatable bonds is 4. The summed E-state index contributed by atoms with van der Waals surface area (Å²) >= 11 is 0. The minimum absolute atomic E-state index is 0.241. The highest BCUT2D eigenvalue weighted by molar-refractivity contribution is 5.81. The van der Waals surface area contributed by atoms with Crippen LogP contribution in [0.1, 0.15) is 25.9 Å². The molecule has 0 aromatic carbocycles. The van der Waals surface area contributed by atoms with Crippen LogP contribution in [0.5, 0.6) is 0 Å². The average molecular weight is 323 g/mol. The van der Waals surface area contributed by atoms with Gasteiger partial charge >= 0.3 is 0 Å². The molecule has 2 aromatic rings. The van der Waals surface area contributed by atoms with Crippen LogP contribution >= 0.6 is 0 Å². The van der Waals surface area contributed by atoms with Gasteiger partial charge in [0, 0.05) is 6.42 Å². The lowest BCUT2D eigenvalue weighted by Gasteiger charge is -2.20. The summed E-state index contributed by atoms with van der Waals surface area (Å²) in [4.78, 5) is 12.6. The number of nitrogens with zero attached hydrogens (tertiary/aromatic N) is 4. The van der Waals surface area contributed by atoms with E-state index < -0.39 is 31.1 Å². The van der Waals surface area contributed by atoms with Crippen LogP contribution < -0.4 is 5.73 Å². The zero-order chi connectivity index (χ0) is 16.7. The van der Waals surface area contributed by atoms with E-state index in [4.69, 9.17) is 10.5 Å². The SMILES string of the molecule is CC(C)Cc1nc2c(N)ncnc2n1[C@@H]1O[C@H](CO)[C@@H](O)[C@H]1O. The second-order valence-electron chi connectivity index (χ2n) is 6.16. The summed E-state index contributed by atoms with van der Waals surface area (Å²) < 4.78 is 7.26. The highest BCUT2D eigenvalue weighted by Gasteiger charge is 2.44. The third-order valence-corrected chi connectivity index (χ3v) is 3.94. The Morgan fingerprint density at radius 3 is 2.65 bits per heavy atom. The monoisotopic (exact) mass is 323 g/mol. The first-order valence-electron chi connectivity index (χ1n) is 7.53. The van der Waals surface area contributed by atoms with Gasteiger partial charge in [0.1, 0.15) is 30.5 Å². The van der Waals surface area contributed by atoms with Crippen LogP contribution in [0.25, 0.3) is 11.2 Å². The summed E-state index contributed by atoms with van der Waals surface area (Å²) in [6.07, 6.45) is -2.22. The van der Waals surface area contributed by atoms with Gasteiger partial charge < -0.3 is 25.8 Å². The molecule has 9 nitrogen and oxygen atoms in total. The Bertz CT molecular complexity index is 704. The molecule has 3 heterocycles. The fraction of sp³-hybridized carbons (Fsp3) is 0.643. The number of aliphatic hydroxyl groups excluding tert-OH is 3. The van der Waals surface area contributed by atoms with Crippen molar-refractivity contribution in [2.75, 3.05) is 12.3 Å². The largest absolute Gasteiger partial charge is 0.394 e. The Morgan fingerprint density at radius 2 is 2.04 bits per heavy atom. The van der Waals surface area contributed by atoms with E-state index in [9.17, 15) is 15.3 Å². The van der Waals surface area contributed by atoms with Crippen molar-refractivity contribution >= 4 is 17.0 Å². The van der Waals surface area contributed by atoms with Crippen molar-refractivity contribution in [2.24, 2.45) is 5.92 Å². The number of hydrogen-bond acceptors (Lipinski definition) is 8. The molecular weight excluding hydrogens is 302 g/mol. The maximum Gasteiger partial charge on any atom is 0.167 e. The average Bonchev–Trinajstić information content (AvgIpc) is 2.98. The van der Waals surface area contributed by atoms with Crippen molar-refractivity contribution in [1.29, 1.82) is 0 Å². The van der Waals surface area contributed by atoms with Crippen molar-refractivity contribution in [2.45, 2.75) is 44.8 Å². The molecule has 2 aromatic heterocycles. The Kier molecular flexibility index (Phi) is 4.19. The maximum atomic E-state index is 10.3. The zero-order valence-electron chi connectivity index (χ0n) is 13.0. The maximum absolute atomic E-state index is 10.3. The third kappa shape index (κ3) is 2.65. The number of nitrogen functional groups attached to an aromatic ring is 1. The number of hydrogen-bond donors (Lipinski definition) is 4. The molecule has 0 radical (unpaired) electrons. The second-order valence-corrected chi connectivity index (χ2v) is 6.16. The Morgan fingerprint density at radius 1 is 1.30 bits per heavy atom. The Labute approximate surface area is 132 Å². The lowest BCUT2D eigenvalue weighted by molar-refractivity contribution is -0.0524. The molecule has 5 N–H and O–H groups in total. The third-order valence-electron chi connectivity index (χ3n) is 3.94. The summed E-state index contributed by atoms with van der Waals surface area (Å²) in [5.74, 6) is 1.18. The molecule has 9 heteroatoms. The minimum atomic E-state index is -1.20. The quantitative estimate of drug-likeness (QED) is 0.574. The molecule has 1 fully saturated rings. The summed E-state index contributed by atoms with van der Waals surface area (Å²) in [5, 5.41) is 29.6. The van der Waals surface area contributed by atoms with Gasteiger partial charge in [0.2, 0.25) is 0 Å². The van der Waals surface area contributed by atoms with Gasteiger partial charge in [-0.05, 0) is 5.92 Å². The number of imidazole rings is 1. The van der Waals surface area contributed by atoms with E-state index in [0.717, 1.165) is 0 Å². The lowest BCUT2D eigenvalue weighted by atomic mass is 10.1. The predicted octanol–water partition coefficient (Wildman–Crippen LogP) is -0.781. The lowest BCUT2D eigenvalue weighted by Crippen LogP contribution is -2.33. The topological polar surface area (TPSA) is 140 Å². The molecule has 0 aliphatic carbocycles. The molecule has 0 spiro atoms. The highest BCUT2D eigenvalue weighted by Crippen LogP contribution is 2.33. The molecule has 0 amide bonds. The van der Waals surface area contributed by atoms with E-state index in [2.05, 4.69) is 15.0 Å². The van der Waals surface area contributed by atoms with Crippen LogP contribution in [0.4, 0.5) is 5.82 Å². The number of fused-ring (bicyclic) bond motifs is 1. The first-order chi connectivity index (χ1) is 10.9. The van der Waals surface area contributed by atoms with E-state index in [0.29, 0.717) is 29.3 Å². The van der Waals surface area contributed by atoms with Gasteiger partial charge in [0.15, 0.2) is 23.2 Å². The van der Waals surface area contributed by atoms with E-state index in [-0.39, 0.29) is 5.82 Å². The zero-order valence-corrected chi connectivity index (χ0v) is 13.0. The molecule has 1 aliphatic rings. The predicted molar refractivity (Wildman–Crippen MR) is 81.3 cm³/mol. The van der Waals surface area contributed by atoms with Gasteiger partial charge in [-0.15, -0.1) is 0 Å². The molecule has 1 aliphatic heterocycles. The smallest absolute Gasteiger partial charge is 0.167 e. The number of aromatic nitrogens is 4. The van der Waals surface area contributed by atoms with Crippen molar-refractivity contribution in [3.63, 3.8) is 0 Å². The first kappa shape index (κ1) is 16.1.